The highest BCUT2D eigenvalue weighted by Crippen LogP contribution is 2.33. The summed E-state index contributed by atoms with van der Waals surface area (Å²) in [7, 11) is 1.91. The molecule has 0 bridgehead atoms. The van der Waals surface area contributed by atoms with Gasteiger partial charge in [0.15, 0.2) is 6.73 Å². The van der Waals surface area contributed by atoms with Gasteiger partial charge in [-0.05, 0) is 88.1 Å². The van der Waals surface area contributed by atoms with Crippen LogP contribution in [0.3, 0.4) is 0 Å². The van der Waals surface area contributed by atoms with Crippen molar-refractivity contribution in [2.45, 2.75) is 96.8 Å². The van der Waals surface area contributed by atoms with Gasteiger partial charge < -0.3 is 24.1 Å². The predicted molar refractivity (Wildman–Crippen MR) is 219 cm³/mol. The standard InChI is InChI=1S/C43H61Cl2N3O4/c1-3-4-5-6-7-8-9-10-11-12-13-14-15-16-17-25-42(50)52-36-46(2)41-35-38(27-26-37(41)22-21-33-49)51-34-19-18-28-47-29-31-48(32-30-47)40-24-20-23-39(44)43(40)45/h4-5,7-8,10-11,20,23-24,26-27,33,35H,3,6,9,12-19,21-22,25,28-32,34,36H2,1-2H3/b5-4-,8-7-,11-10-. The SMILES string of the molecule is CC/C=C\C/C=C\C/C=C\CCCCCCCC(=O)OCN(C)c1cc(OCCCCN2CCN(c3cccc(Cl)c3Cl)CC2)ccc1CCC=O. The van der Waals surface area contributed by atoms with Crippen molar-refractivity contribution in [1.29, 1.82) is 0 Å². The monoisotopic (exact) mass is 753 g/mol. The van der Waals surface area contributed by atoms with Crippen LogP contribution in [-0.2, 0) is 20.7 Å². The van der Waals surface area contributed by atoms with Crippen molar-refractivity contribution in [3.05, 3.63) is 88.5 Å². The Hall–Kier alpha value is -3.26. The maximum Gasteiger partial charge on any atom is 0.307 e. The molecule has 0 unspecified atom stereocenters. The lowest BCUT2D eigenvalue weighted by molar-refractivity contribution is -0.143. The lowest BCUT2D eigenvalue weighted by Crippen LogP contribution is -2.46. The Bertz CT molecular complexity index is 1400. The Morgan fingerprint density at radius 3 is 2.35 bits per heavy atom. The largest absolute Gasteiger partial charge is 0.494 e. The Morgan fingerprint density at radius 2 is 1.58 bits per heavy atom. The summed E-state index contributed by atoms with van der Waals surface area (Å²) in [4.78, 5) is 30.3. The quantitative estimate of drug-likeness (QED) is 0.0312. The molecule has 52 heavy (non-hydrogen) atoms. The van der Waals surface area contributed by atoms with Crippen molar-refractivity contribution in [2.75, 3.05) is 62.9 Å². The van der Waals surface area contributed by atoms with E-state index in [0.717, 1.165) is 119 Å². The number of halogens is 2. The predicted octanol–water partition coefficient (Wildman–Crippen LogP) is 10.6. The Labute approximate surface area is 323 Å². The minimum absolute atomic E-state index is 0.157. The Kier molecular flexibility index (Phi) is 22.0. The first-order chi connectivity index (χ1) is 25.4. The van der Waals surface area contributed by atoms with E-state index in [0.29, 0.717) is 35.9 Å². The highest BCUT2D eigenvalue weighted by atomic mass is 35.5. The fraction of sp³-hybridized carbons (Fsp3) is 0.535. The third-order valence-electron chi connectivity index (χ3n) is 9.23. The van der Waals surface area contributed by atoms with E-state index in [9.17, 15) is 9.59 Å². The minimum Gasteiger partial charge on any atom is -0.494 e. The molecule has 2 aromatic carbocycles. The van der Waals surface area contributed by atoms with Crippen LogP contribution in [0.2, 0.25) is 10.0 Å². The van der Waals surface area contributed by atoms with Crippen molar-refractivity contribution < 1.29 is 19.1 Å². The fourth-order valence-electron chi connectivity index (χ4n) is 6.19. The number of ether oxygens (including phenoxy) is 2. The number of carbonyl (C=O) groups is 2. The Morgan fingerprint density at radius 1 is 0.846 bits per heavy atom. The molecule has 0 aliphatic carbocycles. The summed E-state index contributed by atoms with van der Waals surface area (Å²) in [6.45, 7) is 7.78. The van der Waals surface area contributed by atoms with Crippen molar-refractivity contribution in [2.24, 2.45) is 0 Å². The highest BCUT2D eigenvalue weighted by molar-refractivity contribution is 6.43. The molecular formula is C43H61Cl2N3O4. The van der Waals surface area contributed by atoms with Gasteiger partial charge >= 0.3 is 5.97 Å². The molecule has 7 nitrogen and oxygen atoms in total. The number of allylic oxidation sites excluding steroid dienone is 6. The molecule has 1 aliphatic rings. The van der Waals surface area contributed by atoms with Gasteiger partial charge in [-0.3, -0.25) is 9.69 Å². The number of esters is 1. The topological polar surface area (TPSA) is 62.3 Å². The number of piperazine rings is 1. The van der Waals surface area contributed by atoms with Gasteiger partial charge in [-0.25, -0.2) is 0 Å². The molecule has 3 rings (SSSR count). The third-order valence-corrected chi connectivity index (χ3v) is 10.0. The molecule has 0 radical (unpaired) electrons. The fourth-order valence-corrected chi connectivity index (χ4v) is 6.61. The molecule has 1 aliphatic heterocycles. The summed E-state index contributed by atoms with van der Waals surface area (Å²) >= 11 is 12.7. The molecule has 0 saturated carbocycles. The molecule has 0 N–H and O–H groups in total. The zero-order valence-corrected chi connectivity index (χ0v) is 33.1. The van der Waals surface area contributed by atoms with Crippen molar-refractivity contribution in [3.63, 3.8) is 0 Å². The number of benzene rings is 2. The summed E-state index contributed by atoms with van der Waals surface area (Å²) in [5, 5.41) is 1.22. The number of aldehydes is 1. The second-order valence-electron chi connectivity index (χ2n) is 13.4. The zero-order chi connectivity index (χ0) is 37.2. The van der Waals surface area contributed by atoms with Gasteiger partial charge in [0, 0.05) is 57.8 Å². The lowest BCUT2D eigenvalue weighted by atomic mass is 10.1. The molecule has 1 saturated heterocycles. The number of hydrogen-bond donors (Lipinski definition) is 0. The van der Waals surface area contributed by atoms with Gasteiger partial charge in [-0.2, -0.15) is 0 Å². The van der Waals surface area contributed by atoms with Crippen LogP contribution in [0.1, 0.15) is 96.0 Å². The number of nitrogens with zero attached hydrogens (tertiary/aromatic N) is 3. The second kappa shape index (κ2) is 26.5. The number of carbonyl (C=O) groups excluding carboxylic acids is 2. The number of unbranched alkanes of at least 4 members (excludes halogenated alkanes) is 6. The molecule has 1 fully saturated rings. The van der Waals surface area contributed by atoms with E-state index < -0.39 is 0 Å². The van der Waals surface area contributed by atoms with Crippen LogP contribution in [-0.4, -0.2) is 70.3 Å². The van der Waals surface area contributed by atoms with Crippen LogP contribution in [0.15, 0.2) is 72.9 Å². The van der Waals surface area contributed by atoms with E-state index in [1.807, 2.05) is 48.3 Å². The number of anilines is 2. The summed E-state index contributed by atoms with van der Waals surface area (Å²) in [5.41, 5.74) is 2.95. The van der Waals surface area contributed by atoms with Gasteiger partial charge in [-0.1, -0.05) is 98.0 Å². The summed E-state index contributed by atoms with van der Waals surface area (Å²) < 4.78 is 11.8. The van der Waals surface area contributed by atoms with Gasteiger partial charge in [-0.15, -0.1) is 0 Å². The van der Waals surface area contributed by atoms with Gasteiger partial charge in [0.25, 0.3) is 0 Å². The van der Waals surface area contributed by atoms with Crippen molar-refractivity contribution >= 4 is 46.8 Å². The minimum atomic E-state index is -0.176. The van der Waals surface area contributed by atoms with Crippen LogP contribution in [0.4, 0.5) is 11.4 Å². The summed E-state index contributed by atoms with van der Waals surface area (Å²) in [6.07, 6.45) is 27.4. The number of rotatable bonds is 26. The zero-order valence-electron chi connectivity index (χ0n) is 31.6. The molecule has 9 heteroatoms. The average molecular weight is 755 g/mol. The third kappa shape index (κ3) is 17.0. The maximum atomic E-state index is 12.5. The summed E-state index contributed by atoms with van der Waals surface area (Å²) in [6, 6.07) is 11.8. The van der Waals surface area contributed by atoms with Crippen LogP contribution >= 0.6 is 23.2 Å². The van der Waals surface area contributed by atoms with Crippen LogP contribution in [0, 0.1) is 0 Å². The first-order valence-corrected chi connectivity index (χ1v) is 20.1. The number of hydrogen-bond acceptors (Lipinski definition) is 7. The molecular weight excluding hydrogens is 693 g/mol. The van der Waals surface area contributed by atoms with E-state index in [4.69, 9.17) is 32.7 Å². The van der Waals surface area contributed by atoms with Crippen molar-refractivity contribution in [3.8, 4) is 5.75 Å². The molecule has 0 spiro atoms. The normalized spacial score (nSPS) is 13.8. The molecule has 0 amide bonds. The molecule has 0 atom stereocenters. The van der Waals surface area contributed by atoms with E-state index in [-0.39, 0.29) is 12.7 Å². The molecule has 2 aromatic rings. The van der Waals surface area contributed by atoms with Crippen LogP contribution in [0.25, 0.3) is 0 Å². The maximum absolute atomic E-state index is 12.5. The second-order valence-corrected chi connectivity index (χ2v) is 14.2. The highest BCUT2D eigenvalue weighted by Gasteiger charge is 2.19. The molecule has 0 aromatic heterocycles. The van der Waals surface area contributed by atoms with Crippen LogP contribution in [0.5, 0.6) is 5.75 Å². The van der Waals surface area contributed by atoms with Gasteiger partial charge in [0.1, 0.15) is 12.0 Å². The smallest absolute Gasteiger partial charge is 0.307 e. The molecule has 286 valence electrons. The summed E-state index contributed by atoms with van der Waals surface area (Å²) in [5.74, 6) is 0.599. The average Bonchev–Trinajstić information content (AvgIpc) is 3.16. The number of aryl methyl sites for hydroxylation is 1. The van der Waals surface area contributed by atoms with Gasteiger partial charge in [0.2, 0.25) is 0 Å². The Balaban J connectivity index is 1.29. The first-order valence-electron chi connectivity index (χ1n) is 19.3. The van der Waals surface area contributed by atoms with E-state index in [1.54, 1.807) is 0 Å². The lowest BCUT2D eigenvalue weighted by Gasteiger charge is -2.36. The molecule has 1 heterocycles. The first kappa shape index (κ1) is 43.1. The van der Waals surface area contributed by atoms with E-state index in [2.05, 4.69) is 53.2 Å². The van der Waals surface area contributed by atoms with Crippen LogP contribution < -0.4 is 14.5 Å². The van der Waals surface area contributed by atoms with Gasteiger partial charge in [0.05, 0.1) is 22.3 Å². The van der Waals surface area contributed by atoms with E-state index in [1.165, 1.54) is 12.8 Å². The van der Waals surface area contributed by atoms with Crippen molar-refractivity contribution in [1.82, 2.24) is 4.90 Å². The van der Waals surface area contributed by atoms with E-state index >= 15 is 0 Å².